The van der Waals surface area contributed by atoms with Crippen LogP contribution in [-0.4, -0.2) is 4.57 Å². The highest BCUT2D eigenvalue weighted by atomic mass is 32.1. The molecule has 8 rings (SSSR count). The van der Waals surface area contributed by atoms with Crippen molar-refractivity contribution in [2.45, 2.75) is 0 Å². The lowest BCUT2D eigenvalue weighted by molar-refractivity contribution is 1.18. The lowest BCUT2D eigenvalue weighted by atomic mass is 9.97. The van der Waals surface area contributed by atoms with Crippen molar-refractivity contribution in [3.63, 3.8) is 0 Å². The average Bonchev–Trinajstić information content (AvgIpc) is 3.53. The van der Waals surface area contributed by atoms with Crippen molar-refractivity contribution in [2.75, 3.05) is 0 Å². The second-order valence-electron chi connectivity index (χ2n) is 9.81. The molecule has 38 heavy (non-hydrogen) atoms. The minimum atomic E-state index is 1.18. The maximum atomic E-state index is 2.38. The van der Waals surface area contributed by atoms with Crippen LogP contribution in [0.25, 0.3) is 69.9 Å². The van der Waals surface area contributed by atoms with Gasteiger partial charge in [0.2, 0.25) is 0 Å². The molecule has 0 saturated carbocycles. The lowest BCUT2D eigenvalue weighted by Gasteiger charge is -2.11. The van der Waals surface area contributed by atoms with Gasteiger partial charge in [-0.25, -0.2) is 0 Å². The van der Waals surface area contributed by atoms with E-state index in [2.05, 4.69) is 144 Å². The van der Waals surface area contributed by atoms with Crippen molar-refractivity contribution in [2.24, 2.45) is 0 Å². The second-order valence-corrected chi connectivity index (χ2v) is 10.9. The summed E-state index contributed by atoms with van der Waals surface area (Å²) < 4.78 is 5.06. The first-order chi connectivity index (χ1) is 18.8. The van der Waals surface area contributed by atoms with E-state index < -0.39 is 0 Å². The molecule has 0 amide bonds. The summed E-state index contributed by atoms with van der Waals surface area (Å²) in [6.07, 6.45) is 0. The maximum Gasteiger partial charge on any atom is 0.0541 e. The molecule has 1 nitrogen and oxygen atoms in total. The van der Waals surface area contributed by atoms with Gasteiger partial charge in [0.25, 0.3) is 0 Å². The summed E-state index contributed by atoms with van der Waals surface area (Å²) in [4.78, 5) is 0. The van der Waals surface area contributed by atoms with E-state index in [1.165, 1.54) is 69.9 Å². The summed E-state index contributed by atoms with van der Waals surface area (Å²) in [5, 5.41) is 5.24. The summed E-state index contributed by atoms with van der Waals surface area (Å²) in [6, 6.07) is 50.8. The fourth-order valence-corrected chi connectivity index (χ4v) is 6.90. The molecule has 2 aromatic heterocycles. The summed E-state index contributed by atoms with van der Waals surface area (Å²) in [6.45, 7) is 0. The van der Waals surface area contributed by atoms with E-state index >= 15 is 0 Å². The number of nitrogens with zero attached hydrogens (tertiary/aromatic N) is 1. The molecule has 0 bridgehead atoms. The quantitative estimate of drug-likeness (QED) is 0.227. The molecule has 0 aliphatic carbocycles. The predicted molar refractivity (Wildman–Crippen MR) is 165 cm³/mol. The Morgan fingerprint density at radius 1 is 0.368 bits per heavy atom. The topological polar surface area (TPSA) is 4.93 Å². The number of thiophene rings is 1. The highest BCUT2D eigenvalue weighted by molar-refractivity contribution is 7.25. The van der Waals surface area contributed by atoms with Gasteiger partial charge in [-0.15, -0.1) is 11.3 Å². The van der Waals surface area contributed by atoms with Gasteiger partial charge < -0.3 is 4.57 Å². The molecule has 2 heterocycles. The van der Waals surface area contributed by atoms with Gasteiger partial charge >= 0.3 is 0 Å². The highest BCUT2D eigenvalue weighted by Crippen LogP contribution is 2.37. The molecule has 0 radical (unpaired) electrons. The normalized spacial score (nSPS) is 11.7. The Labute approximate surface area is 224 Å². The maximum absolute atomic E-state index is 2.38. The van der Waals surface area contributed by atoms with E-state index in [0.717, 1.165) is 0 Å². The van der Waals surface area contributed by atoms with E-state index in [1.54, 1.807) is 0 Å². The molecule has 0 unspecified atom stereocenters. The van der Waals surface area contributed by atoms with Crippen LogP contribution >= 0.6 is 11.3 Å². The third-order valence-corrected chi connectivity index (χ3v) is 8.74. The lowest BCUT2D eigenvalue weighted by Crippen LogP contribution is -1.94. The van der Waals surface area contributed by atoms with Gasteiger partial charge in [0.15, 0.2) is 0 Å². The van der Waals surface area contributed by atoms with Gasteiger partial charge in [-0.1, -0.05) is 91.0 Å². The van der Waals surface area contributed by atoms with Gasteiger partial charge in [0, 0.05) is 36.6 Å². The Bertz CT molecular complexity index is 2090. The van der Waals surface area contributed by atoms with E-state index in [1.807, 2.05) is 11.3 Å². The molecule has 2 heteroatoms. The van der Waals surface area contributed by atoms with Gasteiger partial charge in [0.05, 0.1) is 11.0 Å². The summed E-state index contributed by atoms with van der Waals surface area (Å²) >= 11 is 1.86. The SMILES string of the molecule is c1cc(-c2cccc(-n3c4ccccc4c4ccccc43)c2)cc(-c2ccc3sc4ccccc4c3c2)c1. The number of hydrogen-bond acceptors (Lipinski definition) is 1. The Balaban J connectivity index is 1.25. The van der Waals surface area contributed by atoms with Crippen molar-refractivity contribution >= 4 is 53.3 Å². The number of rotatable bonds is 3. The number of aromatic nitrogens is 1. The molecule has 0 aliphatic rings. The van der Waals surface area contributed by atoms with Crippen molar-refractivity contribution in [1.82, 2.24) is 4.57 Å². The van der Waals surface area contributed by atoms with E-state index in [9.17, 15) is 0 Å². The van der Waals surface area contributed by atoms with Gasteiger partial charge in [0.1, 0.15) is 0 Å². The number of fused-ring (bicyclic) bond motifs is 6. The number of para-hydroxylation sites is 2. The largest absolute Gasteiger partial charge is 0.309 e. The Morgan fingerprint density at radius 2 is 0.921 bits per heavy atom. The zero-order chi connectivity index (χ0) is 25.1. The van der Waals surface area contributed by atoms with Crippen LogP contribution in [0, 0.1) is 0 Å². The highest BCUT2D eigenvalue weighted by Gasteiger charge is 2.12. The monoisotopic (exact) mass is 501 g/mol. The summed E-state index contributed by atoms with van der Waals surface area (Å²) in [5.74, 6) is 0. The van der Waals surface area contributed by atoms with Crippen molar-refractivity contribution < 1.29 is 0 Å². The first-order valence-corrected chi connectivity index (χ1v) is 13.8. The number of benzene rings is 6. The van der Waals surface area contributed by atoms with Crippen molar-refractivity contribution in [3.8, 4) is 27.9 Å². The molecule has 0 atom stereocenters. The Kier molecular flexibility index (Phi) is 4.76. The first kappa shape index (κ1) is 21.4. The Hall–Kier alpha value is -4.66. The standard InChI is InChI=1S/C36H23NS/c1-4-16-33-29(13-1)30-14-2-5-17-34(30)37(33)28-12-8-11-26(22-28)24-9-7-10-25(21-24)27-19-20-36-32(23-27)31-15-3-6-18-35(31)38-36/h1-23H. The fourth-order valence-electron chi connectivity index (χ4n) is 5.81. The van der Waals surface area contributed by atoms with E-state index in [-0.39, 0.29) is 0 Å². The fraction of sp³-hybridized carbons (Fsp3) is 0. The molecule has 6 aromatic carbocycles. The molecule has 0 saturated heterocycles. The van der Waals surface area contributed by atoms with Crippen LogP contribution in [0.5, 0.6) is 0 Å². The molecule has 178 valence electrons. The van der Waals surface area contributed by atoms with Crippen molar-refractivity contribution in [3.05, 3.63) is 140 Å². The molecule has 8 aromatic rings. The van der Waals surface area contributed by atoms with Crippen molar-refractivity contribution in [1.29, 1.82) is 0 Å². The van der Waals surface area contributed by atoms with Crippen LogP contribution in [-0.2, 0) is 0 Å². The Morgan fingerprint density at radius 3 is 1.66 bits per heavy atom. The third kappa shape index (κ3) is 3.31. The first-order valence-electron chi connectivity index (χ1n) is 12.9. The molecule has 0 N–H and O–H groups in total. The van der Waals surface area contributed by atoms with E-state index in [4.69, 9.17) is 0 Å². The molecule has 0 fully saturated rings. The van der Waals surface area contributed by atoms with E-state index in [0.29, 0.717) is 0 Å². The average molecular weight is 502 g/mol. The molecular weight excluding hydrogens is 478 g/mol. The van der Waals surface area contributed by atoms with Gasteiger partial charge in [-0.2, -0.15) is 0 Å². The second kappa shape index (κ2) is 8.44. The minimum Gasteiger partial charge on any atom is -0.309 e. The van der Waals surface area contributed by atoms with Crippen LogP contribution < -0.4 is 0 Å². The van der Waals surface area contributed by atoms with Crippen LogP contribution in [0.1, 0.15) is 0 Å². The number of hydrogen-bond donors (Lipinski definition) is 0. The van der Waals surface area contributed by atoms with Gasteiger partial charge in [-0.3, -0.25) is 0 Å². The smallest absolute Gasteiger partial charge is 0.0541 e. The molecular formula is C36H23NS. The van der Waals surface area contributed by atoms with Crippen LogP contribution in [0.2, 0.25) is 0 Å². The van der Waals surface area contributed by atoms with Crippen LogP contribution in [0.3, 0.4) is 0 Å². The van der Waals surface area contributed by atoms with Crippen LogP contribution in [0.15, 0.2) is 140 Å². The molecule has 0 aliphatic heterocycles. The minimum absolute atomic E-state index is 1.18. The zero-order valence-corrected chi connectivity index (χ0v) is 21.5. The summed E-state index contributed by atoms with van der Waals surface area (Å²) in [7, 11) is 0. The van der Waals surface area contributed by atoms with Gasteiger partial charge in [-0.05, 0) is 70.8 Å². The summed E-state index contributed by atoms with van der Waals surface area (Å²) in [5.41, 5.74) is 8.57. The molecule has 0 spiro atoms. The predicted octanol–water partition coefficient (Wildman–Crippen LogP) is 10.5. The third-order valence-electron chi connectivity index (χ3n) is 7.59. The van der Waals surface area contributed by atoms with Crippen LogP contribution in [0.4, 0.5) is 0 Å². The zero-order valence-electron chi connectivity index (χ0n) is 20.6.